The number of rotatable bonds is 0. The quantitative estimate of drug-likeness (QED) is 0.363. The van der Waals surface area contributed by atoms with Crippen molar-refractivity contribution >= 4 is 62.1 Å². The molecule has 0 bridgehead atoms. The summed E-state index contributed by atoms with van der Waals surface area (Å²) in [6.07, 6.45) is 0. The normalized spacial score (nSPS) is 9.67. The Morgan fingerprint density at radius 3 is 1.89 bits per heavy atom. The predicted molar refractivity (Wildman–Crippen MR) is 107 cm³/mol. The molecule has 0 amide bonds. The van der Waals surface area contributed by atoms with E-state index in [0.717, 1.165) is 5.56 Å². The van der Waals surface area contributed by atoms with Gasteiger partial charge in [0.2, 0.25) is 5.88 Å². The Bertz CT molecular complexity index is 950. The monoisotopic (exact) mass is 488 g/mol. The molecule has 13 heteroatoms. The van der Waals surface area contributed by atoms with Crippen molar-refractivity contribution in [3.8, 4) is 18.0 Å². The Morgan fingerprint density at radius 1 is 1.07 bits per heavy atom. The first-order valence-corrected chi connectivity index (χ1v) is 11.7. The average Bonchev–Trinajstić information content (AvgIpc) is 2.44. The lowest BCUT2D eigenvalue weighted by atomic mass is 10.2. The number of nitrogens with zero attached hydrogens (tertiary/aromatic N) is 3. The first kappa shape index (κ1) is 25.6. The van der Waals surface area contributed by atoms with Gasteiger partial charge < -0.3 is 5.11 Å². The molecule has 0 fully saturated rings. The van der Waals surface area contributed by atoms with Crippen LogP contribution in [-0.4, -0.2) is 15.1 Å². The number of aromatic amines is 1. The van der Waals surface area contributed by atoms with Gasteiger partial charge in [0.05, 0.1) is 5.56 Å². The Morgan fingerprint density at radius 2 is 1.52 bits per heavy atom. The Balaban J connectivity index is 0.000000405. The molecule has 7 nitrogen and oxygen atoms in total. The number of halogens is 5. The van der Waals surface area contributed by atoms with E-state index in [-0.39, 0.29) is 16.6 Å². The van der Waals surface area contributed by atoms with Crippen molar-refractivity contribution < 1.29 is 9.67 Å². The van der Waals surface area contributed by atoms with Crippen LogP contribution in [0.15, 0.2) is 16.9 Å². The minimum Gasteiger partial charge on any atom is -0.494 e. The van der Waals surface area contributed by atoms with Crippen molar-refractivity contribution in [2.24, 2.45) is 0 Å². The highest BCUT2D eigenvalue weighted by Gasteiger charge is 2.06. The molecule has 0 aliphatic rings. The van der Waals surface area contributed by atoms with E-state index in [1.54, 1.807) is 26.0 Å². The molecule has 2 N–H and O–H groups in total. The maximum Gasteiger partial charge on any atom is 0.339 e. The number of nitrogens with one attached hydrogen (secondary N) is 1. The summed E-state index contributed by atoms with van der Waals surface area (Å²) in [7, 11) is 0. The fraction of sp³-hybridized carbons (Fsp3) is 0.143. The van der Waals surface area contributed by atoms with Crippen LogP contribution in [0, 0.1) is 36.5 Å². The smallest absolute Gasteiger partial charge is 0.339 e. The van der Waals surface area contributed by atoms with Crippen LogP contribution in [0.2, 0.25) is 10.3 Å². The molecule has 2 aromatic heterocycles. The largest absolute Gasteiger partial charge is 0.494 e. The summed E-state index contributed by atoms with van der Waals surface area (Å²) in [6.45, 7) is 3.35. The molecule has 0 aliphatic heterocycles. The lowest BCUT2D eigenvalue weighted by Gasteiger charge is -1.98. The second-order valence-electron chi connectivity index (χ2n) is 4.59. The summed E-state index contributed by atoms with van der Waals surface area (Å²) >= 11 is 25.0. The topological polar surface area (TPSA) is 131 Å². The average molecular weight is 490 g/mol. The van der Waals surface area contributed by atoms with E-state index < -0.39 is 10.8 Å². The fourth-order valence-corrected chi connectivity index (χ4v) is 2.12. The molecule has 0 atom stereocenters. The molecule has 0 spiro atoms. The molecule has 0 aliphatic carbocycles. The van der Waals surface area contributed by atoms with Crippen LogP contribution < -0.4 is 5.56 Å². The highest BCUT2D eigenvalue weighted by Crippen LogP contribution is 2.61. The van der Waals surface area contributed by atoms with E-state index in [2.05, 4.69) is 43.7 Å². The second kappa shape index (κ2) is 11.4. The number of hydrogen-bond donors (Lipinski definition) is 2. The van der Waals surface area contributed by atoms with Gasteiger partial charge in [0, 0.05) is 6.07 Å². The van der Waals surface area contributed by atoms with Gasteiger partial charge in [-0.15, -0.1) is 0 Å². The summed E-state index contributed by atoms with van der Waals surface area (Å²) < 4.78 is 9.51. The molecule has 2 rings (SSSR count). The third kappa shape index (κ3) is 10.5. The Hall–Kier alpha value is -1.44. The van der Waals surface area contributed by atoms with Gasteiger partial charge in [0.1, 0.15) is 28.0 Å². The molecule has 2 aromatic rings. The van der Waals surface area contributed by atoms with Gasteiger partial charge in [-0.05, 0) is 64.8 Å². The Kier molecular flexibility index (Phi) is 10.8. The summed E-state index contributed by atoms with van der Waals surface area (Å²) in [6, 6.07) is 6.57. The number of pyridine rings is 2. The lowest BCUT2D eigenvalue weighted by molar-refractivity contribution is 0.449. The van der Waals surface area contributed by atoms with Crippen molar-refractivity contribution in [1.82, 2.24) is 9.97 Å². The van der Waals surface area contributed by atoms with Crippen LogP contribution in [0.4, 0.5) is 0 Å². The minimum absolute atomic E-state index is 0.115. The molecule has 0 aromatic carbocycles. The lowest BCUT2D eigenvalue weighted by Crippen LogP contribution is -2.05. The standard InChI is InChI=1S/C7H4Cl2N2.C7H6N2O2.Cl3OP/c1-4-2-6(8)11-7(9)5(4)3-10;1-4-2-6(10)9-7(11)5(4)3-8;1-5(2,3)4/h2H,1H3;2H,1H3,(H2,9,10,11);. The number of aromatic nitrogens is 2. The van der Waals surface area contributed by atoms with Crippen LogP contribution in [0.5, 0.6) is 5.88 Å². The van der Waals surface area contributed by atoms with Crippen LogP contribution >= 0.6 is 62.1 Å². The van der Waals surface area contributed by atoms with E-state index in [9.17, 15) is 9.36 Å². The summed E-state index contributed by atoms with van der Waals surface area (Å²) in [5, 5.41) is 23.3. The highest BCUT2D eigenvalue weighted by atomic mass is 36.0. The van der Waals surface area contributed by atoms with Crippen molar-refractivity contribution in [2.45, 2.75) is 13.8 Å². The number of aromatic hydroxyl groups is 1. The molecule has 27 heavy (non-hydrogen) atoms. The van der Waals surface area contributed by atoms with E-state index in [1.807, 2.05) is 6.07 Å². The maximum absolute atomic E-state index is 10.7. The molecule has 144 valence electrons. The van der Waals surface area contributed by atoms with Gasteiger partial charge in [-0.1, -0.05) is 23.2 Å². The van der Waals surface area contributed by atoms with Gasteiger partial charge in [0.25, 0.3) is 5.56 Å². The highest BCUT2D eigenvalue weighted by molar-refractivity contribution is 8.24. The summed E-state index contributed by atoms with van der Waals surface area (Å²) in [5.74, 6) is -0.363. The van der Waals surface area contributed by atoms with E-state index in [1.165, 1.54) is 6.07 Å². The number of aryl methyl sites for hydroxylation is 2. The van der Waals surface area contributed by atoms with Crippen LogP contribution in [-0.2, 0) is 4.57 Å². The minimum atomic E-state index is -3.22. The SMILES string of the molecule is Cc1cc(=O)[nH]c(O)c1C#N.Cc1cc(Cl)nc(Cl)c1C#N.O=P(Cl)(Cl)Cl. The third-order valence-corrected chi connectivity index (χ3v) is 3.05. The molecule has 0 unspecified atom stereocenters. The first-order chi connectivity index (χ1) is 12.3. The predicted octanol–water partition coefficient (Wildman–Crippen LogP) is 5.64. The van der Waals surface area contributed by atoms with E-state index >= 15 is 0 Å². The van der Waals surface area contributed by atoms with Gasteiger partial charge in [-0.25, -0.2) is 4.98 Å². The van der Waals surface area contributed by atoms with Gasteiger partial charge >= 0.3 is 5.20 Å². The van der Waals surface area contributed by atoms with Crippen molar-refractivity contribution in [3.63, 3.8) is 0 Å². The maximum atomic E-state index is 10.7. The van der Waals surface area contributed by atoms with E-state index in [0.29, 0.717) is 16.3 Å². The molecule has 0 saturated heterocycles. The van der Waals surface area contributed by atoms with E-state index in [4.69, 9.17) is 38.8 Å². The molecule has 0 radical (unpaired) electrons. The van der Waals surface area contributed by atoms with Crippen LogP contribution in [0.3, 0.4) is 0 Å². The zero-order chi connectivity index (χ0) is 21.4. The second-order valence-corrected chi connectivity index (χ2v) is 12.0. The van der Waals surface area contributed by atoms with Crippen molar-refractivity contribution in [3.05, 3.63) is 55.0 Å². The van der Waals surface area contributed by atoms with Crippen molar-refractivity contribution in [2.75, 3.05) is 0 Å². The summed E-state index contributed by atoms with van der Waals surface area (Å²) in [5.41, 5.74) is 1.32. The third-order valence-electron chi connectivity index (χ3n) is 2.59. The van der Waals surface area contributed by atoms with Gasteiger partial charge in [-0.2, -0.15) is 10.5 Å². The Labute approximate surface area is 178 Å². The molecule has 2 heterocycles. The molecule has 0 saturated carbocycles. The van der Waals surface area contributed by atoms with Gasteiger partial charge in [0.15, 0.2) is 0 Å². The van der Waals surface area contributed by atoms with Gasteiger partial charge in [-0.3, -0.25) is 14.3 Å². The fourth-order valence-electron chi connectivity index (χ4n) is 1.54. The zero-order valence-electron chi connectivity index (χ0n) is 13.6. The first-order valence-electron chi connectivity index (χ1n) is 6.54. The van der Waals surface area contributed by atoms with Crippen molar-refractivity contribution in [1.29, 1.82) is 10.5 Å². The number of hydrogen-bond acceptors (Lipinski definition) is 6. The van der Waals surface area contributed by atoms with Crippen LogP contribution in [0.1, 0.15) is 22.3 Å². The molecular formula is C14H10Cl5N4O3P. The summed E-state index contributed by atoms with van der Waals surface area (Å²) in [4.78, 5) is 16.5. The number of nitriles is 2. The molecular weight excluding hydrogens is 480 g/mol. The number of H-pyrrole nitrogens is 1. The van der Waals surface area contributed by atoms with Crippen LogP contribution in [0.25, 0.3) is 0 Å². The zero-order valence-corrected chi connectivity index (χ0v) is 18.3.